The Morgan fingerprint density at radius 3 is 1.59 bits per heavy atom. The average molecular weight is 494 g/mol. The topological polar surface area (TPSA) is 170 Å². The molecule has 2 rings (SSSR count). The van der Waals surface area contributed by atoms with E-state index in [-0.39, 0.29) is 17.7 Å². The third-order valence-electron chi connectivity index (χ3n) is 4.21. The first-order valence-corrected chi connectivity index (χ1v) is 12.0. The highest BCUT2D eigenvalue weighted by molar-refractivity contribution is 7.47. The minimum atomic E-state index is -5.11. The second kappa shape index (κ2) is 10.4. The first-order valence-electron chi connectivity index (χ1n) is 8.91. The van der Waals surface area contributed by atoms with Crippen LogP contribution >= 0.6 is 15.6 Å². The number of hydrogen-bond donors (Lipinski definition) is 4. The summed E-state index contributed by atoms with van der Waals surface area (Å²) in [6.07, 6.45) is 0.436. The number of phosphoric ester groups is 2. The molecule has 0 aliphatic rings. The van der Waals surface area contributed by atoms with Crippen molar-refractivity contribution in [1.82, 2.24) is 0 Å². The maximum Gasteiger partial charge on any atom is 0.525 e. The van der Waals surface area contributed by atoms with Gasteiger partial charge in [0.15, 0.2) is 23.0 Å². The van der Waals surface area contributed by atoms with E-state index in [0.717, 1.165) is 5.56 Å². The summed E-state index contributed by atoms with van der Waals surface area (Å²) in [6, 6.07) is 6.17. The Bertz CT molecular complexity index is 1020. The quantitative estimate of drug-likeness (QED) is 0.337. The fraction of sp³-hybridized carbons (Fsp3) is 0.333. The van der Waals surface area contributed by atoms with Crippen molar-refractivity contribution in [1.29, 1.82) is 0 Å². The molecule has 0 atom stereocenters. The molecule has 0 heterocycles. The molecule has 0 spiro atoms. The SMILES string of the molecule is COc1cc(CCc2ccc(OC)c(OP(=O)(O)O)c2OP(=O)(O)O)cc(OC)c1OC. The third-order valence-corrected chi connectivity index (χ3v) is 5.05. The Kier molecular flexibility index (Phi) is 8.41. The maximum absolute atomic E-state index is 11.5. The number of hydrogen-bond acceptors (Lipinski definition) is 8. The van der Waals surface area contributed by atoms with Crippen molar-refractivity contribution in [3.63, 3.8) is 0 Å². The van der Waals surface area contributed by atoms with Crippen LogP contribution in [0.4, 0.5) is 0 Å². The van der Waals surface area contributed by atoms with Crippen LogP contribution < -0.4 is 28.0 Å². The van der Waals surface area contributed by atoms with Crippen molar-refractivity contribution in [2.24, 2.45) is 0 Å². The summed E-state index contributed by atoms with van der Waals surface area (Å²) < 4.78 is 53.2. The number of ether oxygens (including phenoxy) is 4. The van der Waals surface area contributed by atoms with Gasteiger partial charge in [-0.15, -0.1) is 0 Å². The van der Waals surface area contributed by atoms with Crippen molar-refractivity contribution in [3.8, 4) is 34.5 Å². The smallest absolute Gasteiger partial charge is 0.493 e. The molecule has 0 radical (unpaired) electrons. The van der Waals surface area contributed by atoms with Crippen molar-refractivity contribution >= 4 is 15.6 Å². The van der Waals surface area contributed by atoms with Gasteiger partial charge in [0.25, 0.3) is 0 Å². The van der Waals surface area contributed by atoms with Crippen molar-refractivity contribution in [3.05, 3.63) is 35.4 Å². The van der Waals surface area contributed by atoms with Gasteiger partial charge in [-0.1, -0.05) is 6.07 Å². The van der Waals surface area contributed by atoms with Crippen LogP contribution in [0.3, 0.4) is 0 Å². The van der Waals surface area contributed by atoms with Crippen LogP contribution in [0, 0.1) is 0 Å². The lowest BCUT2D eigenvalue weighted by Crippen LogP contribution is -2.03. The van der Waals surface area contributed by atoms with E-state index in [0.29, 0.717) is 23.7 Å². The first kappa shape index (κ1) is 25.8. The zero-order valence-electron chi connectivity index (χ0n) is 17.7. The first-order chi connectivity index (χ1) is 14.9. The minimum absolute atomic E-state index is 0.134. The maximum atomic E-state index is 11.5. The molecule has 2 aromatic carbocycles. The van der Waals surface area contributed by atoms with E-state index in [2.05, 4.69) is 4.52 Å². The molecular formula is C18H24O12P2. The van der Waals surface area contributed by atoms with Crippen molar-refractivity contribution < 1.29 is 56.7 Å². The number of methoxy groups -OCH3 is 4. The van der Waals surface area contributed by atoms with Gasteiger partial charge >= 0.3 is 15.6 Å². The lowest BCUT2D eigenvalue weighted by Gasteiger charge is -2.19. The molecule has 0 fully saturated rings. The lowest BCUT2D eigenvalue weighted by atomic mass is 10.0. The molecule has 2 aromatic rings. The highest BCUT2D eigenvalue weighted by atomic mass is 31.2. The molecule has 0 saturated carbocycles. The van der Waals surface area contributed by atoms with Gasteiger partial charge in [0, 0.05) is 0 Å². The molecule has 0 aliphatic carbocycles. The zero-order valence-corrected chi connectivity index (χ0v) is 19.5. The van der Waals surface area contributed by atoms with Gasteiger partial charge in [-0.2, -0.15) is 0 Å². The molecule has 32 heavy (non-hydrogen) atoms. The van der Waals surface area contributed by atoms with Crippen LogP contribution in [0.2, 0.25) is 0 Å². The van der Waals surface area contributed by atoms with Crippen LogP contribution in [-0.4, -0.2) is 48.0 Å². The predicted octanol–water partition coefficient (Wildman–Crippen LogP) is 2.45. The van der Waals surface area contributed by atoms with E-state index >= 15 is 0 Å². The third kappa shape index (κ3) is 6.77. The Balaban J connectivity index is 2.50. The minimum Gasteiger partial charge on any atom is -0.493 e. The molecular weight excluding hydrogens is 470 g/mol. The summed E-state index contributed by atoms with van der Waals surface area (Å²) in [4.78, 5) is 37.1. The molecule has 4 N–H and O–H groups in total. The second-order valence-electron chi connectivity index (χ2n) is 6.28. The molecule has 0 bridgehead atoms. The molecule has 0 amide bonds. The molecule has 0 aliphatic heterocycles. The highest BCUT2D eigenvalue weighted by Crippen LogP contribution is 2.53. The van der Waals surface area contributed by atoms with E-state index in [9.17, 15) is 28.7 Å². The van der Waals surface area contributed by atoms with E-state index in [1.54, 1.807) is 12.1 Å². The molecule has 0 saturated heterocycles. The Morgan fingerprint density at radius 2 is 1.16 bits per heavy atom. The molecule has 178 valence electrons. The van der Waals surface area contributed by atoms with Gasteiger partial charge in [-0.3, -0.25) is 19.6 Å². The standard InChI is InChI=1S/C18H24O12P2/c1-25-13-8-7-12(16(29-31(19,20)21)18(13)30-32(22,23)24)6-5-11-9-14(26-2)17(28-4)15(10-11)27-3/h7-10H,5-6H2,1-4H3,(H2,19,20,21)(H2,22,23,24). The summed E-state index contributed by atoms with van der Waals surface area (Å²) >= 11 is 0. The van der Waals surface area contributed by atoms with Crippen LogP contribution in [0.15, 0.2) is 24.3 Å². The average Bonchev–Trinajstić information content (AvgIpc) is 2.71. The van der Waals surface area contributed by atoms with Gasteiger partial charge in [-0.05, 0) is 42.2 Å². The summed E-state index contributed by atoms with van der Waals surface area (Å²) in [5.41, 5.74) is 0.918. The summed E-state index contributed by atoms with van der Waals surface area (Å²) in [5, 5.41) is 0. The number of phosphoric acid groups is 2. The van der Waals surface area contributed by atoms with Gasteiger partial charge in [0.1, 0.15) is 0 Å². The van der Waals surface area contributed by atoms with Crippen molar-refractivity contribution in [2.45, 2.75) is 12.8 Å². The van der Waals surface area contributed by atoms with Crippen LogP contribution in [0.5, 0.6) is 34.5 Å². The number of aryl methyl sites for hydroxylation is 2. The summed E-state index contributed by atoms with van der Waals surface area (Å²) in [7, 11) is -4.64. The van der Waals surface area contributed by atoms with Crippen LogP contribution in [-0.2, 0) is 22.0 Å². The van der Waals surface area contributed by atoms with Gasteiger partial charge in [-0.25, -0.2) is 9.13 Å². The normalized spacial score (nSPS) is 11.6. The highest BCUT2D eigenvalue weighted by Gasteiger charge is 2.29. The fourth-order valence-corrected chi connectivity index (χ4v) is 3.77. The Labute approximate surface area is 184 Å². The van der Waals surface area contributed by atoms with Crippen LogP contribution in [0.1, 0.15) is 11.1 Å². The van der Waals surface area contributed by atoms with Crippen LogP contribution in [0.25, 0.3) is 0 Å². The Morgan fingerprint density at radius 1 is 0.656 bits per heavy atom. The second-order valence-corrected chi connectivity index (χ2v) is 8.61. The van der Waals surface area contributed by atoms with E-state index in [1.807, 2.05) is 0 Å². The summed E-state index contributed by atoms with van der Waals surface area (Å²) in [5.74, 6) is -0.151. The monoisotopic (exact) mass is 494 g/mol. The summed E-state index contributed by atoms with van der Waals surface area (Å²) in [6.45, 7) is 0. The fourth-order valence-electron chi connectivity index (χ4n) is 2.93. The zero-order chi connectivity index (χ0) is 24.1. The van der Waals surface area contributed by atoms with E-state index < -0.39 is 27.1 Å². The number of benzene rings is 2. The van der Waals surface area contributed by atoms with Crippen molar-refractivity contribution in [2.75, 3.05) is 28.4 Å². The Hall–Kier alpha value is -2.46. The predicted molar refractivity (Wildman–Crippen MR) is 112 cm³/mol. The van der Waals surface area contributed by atoms with Gasteiger partial charge in [0.05, 0.1) is 28.4 Å². The van der Waals surface area contributed by atoms with E-state index in [1.165, 1.54) is 40.6 Å². The van der Waals surface area contributed by atoms with Gasteiger partial charge < -0.3 is 28.0 Å². The van der Waals surface area contributed by atoms with E-state index in [4.69, 9.17) is 23.5 Å². The molecule has 14 heteroatoms. The number of rotatable bonds is 11. The molecule has 0 unspecified atom stereocenters. The lowest BCUT2D eigenvalue weighted by molar-refractivity contribution is 0.257. The largest absolute Gasteiger partial charge is 0.525 e. The molecule has 12 nitrogen and oxygen atoms in total. The van der Waals surface area contributed by atoms with Gasteiger partial charge in [0.2, 0.25) is 11.5 Å². The molecule has 0 aromatic heterocycles.